The van der Waals surface area contributed by atoms with Crippen molar-refractivity contribution >= 4 is 17.8 Å². The number of hydrogen-bond acceptors (Lipinski definition) is 3. The SMILES string of the molecule is CC1(Cc2ccc(C(C)(C)C)cc2)Nc2ncccc2C=C1C(N)=O. The number of rotatable bonds is 3. The number of carbonyl (C=O) groups is 1. The first kappa shape index (κ1) is 17.2. The summed E-state index contributed by atoms with van der Waals surface area (Å²) >= 11 is 0. The number of nitrogens with two attached hydrogens (primary N) is 1. The highest BCUT2D eigenvalue weighted by atomic mass is 16.1. The Kier molecular flexibility index (Phi) is 4.15. The largest absolute Gasteiger partial charge is 0.366 e. The van der Waals surface area contributed by atoms with Crippen molar-refractivity contribution in [2.45, 2.75) is 45.1 Å². The summed E-state index contributed by atoms with van der Waals surface area (Å²) in [4.78, 5) is 16.4. The predicted octanol–water partition coefficient (Wildman–Crippen LogP) is 3.67. The number of primary amides is 1. The van der Waals surface area contributed by atoms with Crippen molar-refractivity contribution in [2.75, 3.05) is 5.32 Å². The smallest absolute Gasteiger partial charge is 0.247 e. The van der Waals surface area contributed by atoms with Crippen LogP contribution in [0, 0.1) is 0 Å². The van der Waals surface area contributed by atoms with Crippen LogP contribution in [0.4, 0.5) is 5.82 Å². The van der Waals surface area contributed by atoms with Crippen molar-refractivity contribution in [3.8, 4) is 0 Å². The Bertz CT molecular complexity index is 831. The van der Waals surface area contributed by atoms with Crippen molar-refractivity contribution in [3.63, 3.8) is 0 Å². The van der Waals surface area contributed by atoms with Crippen molar-refractivity contribution in [2.24, 2.45) is 5.73 Å². The van der Waals surface area contributed by atoms with E-state index in [1.165, 1.54) is 5.56 Å². The van der Waals surface area contributed by atoms with Gasteiger partial charge in [-0.3, -0.25) is 4.79 Å². The molecule has 1 aromatic heterocycles. The van der Waals surface area contributed by atoms with Gasteiger partial charge in [-0.25, -0.2) is 4.98 Å². The summed E-state index contributed by atoms with van der Waals surface area (Å²) in [7, 11) is 0. The Labute approximate surface area is 149 Å². The van der Waals surface area contributed by atoms with E-state index in [1.54, 1.807) is 6.20 Å². The summed E-state index contributed by atoms with van der Waals surface area (Å²) in [6, 6.07) is 12.3. The molecule has 0 radical (unpaired) electrons. The van der Waals surface area contributed by atoms with Crippen molar-refractivity contribution in [1.82, 2.24) is 4.98 Å². The fraction of sp³-hybridized carbons (Fsp3) is 0.333. The molecule has 0 bridgehead atoms. The fourth-order valence-corrected chi connectivity index (χ4v) is 3.30. The molecule has 1 amide bonds. The highest BCUT2D eigenvalue weighted by Crippen LogP contribution is 2.34. The number of amides is 1. The molecule has 1 aliphatic heterocycles. The Hall–Kier alpha value is -2.62. The Balaban J connectivity index is 1.94. The quantitative estimate of drug-likeness (QED) is 0.899. The normalized spacial score (nSPS) is 19.6. The first-order chi connectivity index (χ1) is 11.7. The van der Waals surface area contributed by atoms with Gasteiger partial charge in [0.2, 0.25) is 5.91 Å². The van der Waals surface area contributed by atoms with E-state index in [4.69, 9.17) is 5.73 Å². The van der Waals surface area contributed by atoms with Gasteiger partial charge in [-0.1, -0.05) is 45.0 Å². The van der Waals surface area contributed by atoms with Gasteiger partial charge in [0.05, 0.1) is 5.54 Å². The third-order valence-electron chi connectivity index (χ3n) is 4.77. The molecule has 4 nitrogen and oxygen atoms in total. The third kappa shape index (κ3) is 3.43. The molecule has 0 saturated heterocycles. The van der Waals surface area contributed by atoms with Crippen LogP contribution >= 0.6 is 0 Å². The molecular formula is C21H25N3O. The standard InChI is InChI=1S/C21H25N3O/c1-20(2,3)16-9-7-14(8-10-16)13-21(4)17(18(22)25)12-15-6-5-11-23-19(15)24-21/h5-12H,13H2,1-4H3,(H2,22,25)(H,23,24). The molecule has 3 N–H and O–H groups in total. The van der Waals surface area contributed by atoms with E-state index in [0.29, 0.717) is 12.0 Å². The van der Waals surface area contributed by atoms with Gasteiger partial charge in [-0.15, -0.1) is 0 Å². The van der Waals surface area contributed by atoms with Crippen LogP contribution < -0.4 is 11.1 Å². The molecule has 1 unspecified atom stereocenters. The average molecular weight is 335 g/mol. The maximum absolute atomic E-state index is 12.0. The predicted molar refractivity (Wildman–Crippen MR) is 102 cm³/mol. The summed E-state index contributed by atoms with van der Waals surface area (Å²) in [5.74, 6) is 0.372. The molecule has 0 saturated carbocycles. The molecule has 0 aliphatic carbocycles. The van der Waals surface area contributed by atoms with Crippen LogP contribution in [0.2, 0.25) is 0 Å². The summed E-state index contributed by atoms with van der Waals surface area (Å²) in [5, 5.41) is 3.42. The van der Waals surface area contributed by atoms with E-state index in [0.717, 1.165) is 16.9 Å². The van der Waals surface area contributed by atoms with Gasteiger partial charge < -0.3 is 11.1 Å². The van der Waals surface area contributed by atoms with E-state index in [2.05, 4.69) is 55.3 Å². The van der Waals surface area contributed by atoms with Gasteiger partial charge >= 0.3 is 0 Å². The number of benzene rings is 1. The number of nitrogens with zero attached hydrogens (tertiary/aromatic N) is 1. The molecule has 1 aromatic carbocycles. The maximum atomic E-state index is 12.0. The molecule has 3 rings (SSSR count). The summed E-state index contributed by atoms with van der Waals surface area (Å²) < 4.78 is 0. The van der Waals surface area contributed by atoms with Gasteiger partial charge in [0.25, 0.3) is 0 Å². The second-order valence-electron chi connectivity index (χ2n) is 7.94. The number of anilines is 1. The number of hydrogen-bond donors (Lipinski definition) is 2. The van der Waals surface area contributed by atoms with E-state index in [9.17, 15) is 4.79 Å². The zero-order chi connectivity index (χ0) is 18.2. The van der Waals surface area contributed by atoms with E-state index in [-0.39, 0.29) is 5.41 Å². The first-order valence-corrected chi connectivity index (χ1v) is 8.54. The zero-order valence-electron chi connectivity index (χ0n) is 15.3. The van der Waals surface area contributed by atoms with Crippen LogP contribution in [0.15, 0.2) is 48.2 Å². The molecule has 2 aromatic rings. The number of nitrogens with one attached hydrogen (secondary N) is 1. The van der Waals surface area contributed by atoms with Crippen molar-refractivity contribution in [3.05, 3.63) is 64.9 Å². The van der Waals surface area contributed by atoms with Gasteiger partial charge in [-0.05, 0) is 48.1 Å². The van der Waals surface area contributed by atoms with E-state index in [1.807, 2.05) is 25.1 Å². The molecule has 0 fully saturated rings. The minimum Gasteiger partial charge on any atom is -0.366 e. The minimum atomic E-state index is -0.587. The lowest BCUT2D eigenvalue weighted by Crippen LogP contribution is -2.46. The highest BCUT2D eigenvalue weighted by molar-refractivity contribution is 6.01. The van der Waals surface area contributed by atoms with E-state index >= 15 is 0 Å². The number of pyridine rings is 1. The van der Waals surface area contributed by atoms with Crippen molar-refractivity contribution in [1.29, 1.82) is 0 Å². The molecule has 1 atom stereocenters. The van der Waals surface area contributed by atoms with Crippen molar-refractivity contribution < 1.29 is 4.79 Å². The monoisotopic (exact) mass is 335 g/mol. The number of carbonyl (C=O) groups excluding carboxylic acids is 1. The van der Waals surface area contributed by atoms with Crippen LogP contribution in [-0.4, -0.2) is 16.4 Å². The Morgan fingerprint density at radius 2 is 1.88 bits per heavy atom. The molecule has 25 heavy (non-hydrogen) atoms. The Morgan fingerprint density at radius 3 is 2.48 bits per heavy atom. The number of aromatic nitrogens is 1. The fourth-order valence-electron chi connectivity index (χ4n) is 3.30. The lowest BCUT2D eigenvalue weighted by atomic mass is 9.80. The summed E-state index contributed by atoms with van der Waals surface area (Å²) in [5.41, 5.74) is 9.10. The molecule has 130 valence electrons. The van der Waals surface area contributed by atoms with Crippen LogP contribution in [0.5, 0.6) is 0 Å². The zero-order valence-corrected chi connectivity index (χ0v) is 15.3. The average Bonchev–Trinajstić information content (AvgIpc) is 2.53. The third-order valence-corrected chi connectivity index (χ3v) is 4.77. The Morgan fingerprint density at radius 1 is 1.20 bits per heavy atom. The van der Waals surface area contributed by atoms with E-state index < -0.39 is 11.4 Å². The van der Waals surface area contributed by atoms with Gasteiger partial charge in [-0.2, -0.15) is 0 Å². The minimum absolute atomic E-state index is 0.118. The van der Waals surface area contributed by atoms with Crippen LogP contribution in [-0.2, 0) is 16.6 Å². The number of fused-ring (bicyclic) bond motifs is 1. The lowest BCUT2D eigenvalue weighted by molar-refractivity contribution is -0.115. The van der Waals surface area contributed by atoms with Gasteiger partial charge in [0.15, 0.2) is 0 Å². The summed E-state index contributed by atoms with van der Waals surface area (Å²) in [6.45, 7) is 8.59. The molecule has 1 aliphatic rings. The first-order valence-electron chi connectivity index (χ1n) is 8.54. The molecule has 4 heteroatoms. The highest BCUT2D eigenvalue weighted by Gasteiger charge is 2.36. The molecule has 0 spiro atoms. The van der Waals surface area contributed by atoms with Crippen LogP contribution in [0.25, 0.3) is 6.08 Å². The second kappa shape index (κ2) is 6.03. The topological polar surface area (TPSA) is 68.0 Å². The maximum Gasteiger partial charge on any atom is 0.247 e. The van der Waals surface area contributed by atoms with Crippen LogP contribution in [0.3, 0.4) is 0 Å². The van der Waals surface area contributed by atoms with Crippen LogP contribution in [0.1, 0.15) is 44.4 Å². The van der Waals surface area contributed by atoms with Gasteiger partial charge in [0.1, 0.15) is 5.82 Å². The molecular weight excluding hydrogens is 310 g/mol. The van der Waals surface area contributed by atoms with Gasteiger partial charge in [0, 0.05) is 17.3 Å². The second-order valence-corrected chi connectivity index (χ2v) is 7.94. The summed E-state index contributed by atoms with van der Waals surface area (Å²) in [6.07, 6.45) is 4.25. The lowest BCUT2D eigenvalue weighted by Gasteiger charge is -2.36. The molecule has 2 heterocycles.